The maximum atomic E-state index is 13.2. The number of hydrogen-bond donors (Lipinski definition) is 0. The standard InChI is InChI=1S/C58H92O26S/c1-12-13-14-15-16-17-18-19-20-21-22-23-24-25-26-27-29-85-30-28-69-56-53(77-41(9)66)51(75-39(7)64)48(45(80-56)32-71-35(3)60)83-58-55(79-43(11)68)52(76-40(8)65)49(46(82-58)33-72-36(4)61)84-57-54(78-42(10)67)50(74-38(6)63)47(73-37(5)62)44(81-57)31-70-34(2)59/h44-58H,12-33H2,1-11H3/t44-,45-,46-,47+,48-,49+,50+,51+,52+,53-,54-,55-,56+,57+,58+/m1/s1. The molecule has 27 heteroatoms. The average molecular weight is 1240 g/mol. The van der Waals surface area contributed by atoms with Crippen LogP contribution >= 0.6 is 11.8 Å². The first-order valence-electron chi connectivity index (χ1n) is 29.5. The fourth-order valence-electron chi connectivity index (χ4n) is 9.97. The smallest absolute Gasteiger partial charge is 0.303 e. The number of esters is 10. The van der Waals surface area contributed by atoms with Crippen LogP contribution in [0.15, 0.2) is 0 Å². The van der Waals surface area contributed by atoms with Crippen molar-refractivity contribution < 1.29 is 124 Å². The molecule has 3 aliphatic rings. The van der Waals surface area contributed by atoms with Gasteiger partial charge in [0.2, 0.25) is 0 Å². The number of carbonyl (C=O) groups is 10. The molecule has 3 rings (SSSR count). The highest BCUT2D eigenvalue weighted by Gasteiger charge is 2.60. The Bertz CT molecular complexity index is 2110. The van der Waals surface area contributed by atoms with Gasteiger partial charge in [-0.25, -0.2) is 0 Å². The minimum Gasteiger partial charge on any atom is -0.463 e. The molecule has 0 bridgehead atoms. The summed E-state index contributed by atoms with van der Waals surface area (Å²) < 4.78 is 93.9. The Hall–Kier alpha value is -5.19. The van der Waals surface area contributed by atoms with Crippen LogP contribution in [0, 0.1) is 0 Å². The lowest BCUT2D eigenvalue weighted by Crippen LogP contribution is -2.69. The van der Waals surface area contributed by atoms with Gasteiger partial charge in [0.25, 0.3) is 0 Å². The summed E-state index contributed by atoms with van der Waals surface area (Å²) in [5.41, 5.74) is 0. The summed E-state index contributed by atoms with van der Waals surface area (Å²) in [5, 5.41) is 0. The predicted molar refractivity (Wildman–Crippen MR) is 297 cm³/mol. The SMILES string of the molecule is CCCCCCCCCCCCCCCCCCSCCO[C@H]1O[C@H](COC(C)=O)[C@@H](O[C@@H]2O[C@H](COC(C)=O)[C@H](O[C@@H]3O[C@H](COC(C)=O)[C@H](OC(C)=O)[C@H](OC(C)=O)[C@H]3OC(C)=O)[C@H](OC(C)=O)[C@H]2OC(C)=O)[C@H](OC(C)=O)[C@H]1OC(C)=O. The number of ether oxygens (including phenoxy) is 16. The quantitative estimate of drug-likeness (QED) is 0.0380. The highest BCUT2D eigenvalue weighted by molar-refractivity contribution is 7.99. The molecule has 3 heterocycles. The summed E-state index contributed by atoms with van der Waals surface area (Å²) in [7, 11) is 0. The molecule has 0 aromatic heterocycles. The molecule has 486 valence electrons. The number of unbranched alkanes of at least 4 members (excludes halogenated alkanes) is 15. The lowest BCUT2D eigenvalue weighted by Gasteiger charge is -2.50. The highest BCUT2D eigenvalue weighted by Crippen LogP contribution is 2.38. The van der Waals surface area contributed by atoms with Crippen LogP contribution in [0.4, 0.5) is 0 Å². The summed E-state index contributed by atoms with van der Waals surface area (Å²) in [6, 6.07) is 0. The summed E-state index contributed by atoms with van der Waals surface area (Å²) in [6.45, 7) is 10.6. The van der Waals surface area contributed by atoms with E-state index in [0.717, 1.165) is 94.3 Å². The second kappa shape index (κ2) is 40.3. The van der Waals surface area contributed by atoms with E-state index in [2.05, 4.69) is 6.92 Å². The minimum absolute atomic E-state index is 0.0631. The van der Waals surface area contributed by atoms with Gasteiger partial charge in [-0.3, -0.25) is 47.9 Å². The molecule has 3 fully saturated rings. The molecule has 0 saturated carbocycles. The van der Waals surface area contributed by atoms with E-state index < -0.39 is 172 Å². The molecular formula is C58H92O26S. The molecule has 0 spiro atoms. The second-order valence-electron chi connectivity index (χ2n) is 21.0. The van der Waals surface area contributed by atoms with Gasteiger partial charge in [-0.1, -0.05) is 103 Å². The van der Waals surface area contributed by atoms with Gasteiger partial charge >= 0.3 is 59.7 Å². The Balaban J connectivity index is 1.95. The van der Waals surface area contributed by atoms with Gasteiger partial charge in [0.1, 0.15) is 50.3 Å². The van der Waals surface area contributed by atoms with Gasteiger partial charge < -0.3 is 75.8 Å². The average Bonchev–Trinajstić information content (AvgIpc) is 1.71. The van der Waals surface area contributed by atoms with Gasteiger partial charge in [-0.15, -0.1) is 0 Å². The van der Waals surface area contributed by atoms with Crippen molar-refractivity contribution in [3.63, 3.8) is 0 Å². The van der Waals surface area contributed by atoms with E-state index in [1.54, 1.807) is 11.8 Å². The van der Waals surface area contributed by atoms with Crippen LogP contribution in [-0.4, -0.2) is 190 Å². The summed E-state index contributed by atoms with van der Waals surface area (Å²) in [6.07, 6.45) is -5.86. The van der Waals surface area contributed by atoms with Crippen LogP contribution in [0.5, 0.6) is 0 Å². The lowest BCUT2D eigenvalue weighted by atomic mass is 9.95. The molecule has 0 amide bonds. The van der Waals surface area contributed by atoms with Crippen LogP contribution in [0.25, 0.3) is 0 Å². The normalized spacial score (nSPS) is 27.3. The van der Waals surface area contributed by atoms with Crippen molar-refractivity contribution in [2.75, 3.05) is 37.9 Å². The van der Waals surface area contributed by atoms with E-state index in [-0.39, 0.29) is 6.61 Å². The predicted octanol–water partition coefficient (Wildman–Crippen LogP) is 6.15. The number of thioether (sulfide) groups is 1. The van der Waals surface area contributed by atoms with E-state index in [9.17, 15) is 47.9 Å². The molecule has 0 aromatic rings. The molecule has 85 heavy (non-hydrogen) atoms. The third-order valence-electron chi connectivity index (χ3n) is 13.5. The summed E-state index contributed by atoms with van der Waals surface area (Å²) in [4.78, 5) is 127. The Morgan fingerprint density at radius 3 is 0.906 bits per heavy atom. The van der Waals surface area contributed by atoms with E-state index in [1.807, 2.05) is 0 Å². The van der Waals surface area contributed by atoms with Gasteiger partial charge in [0.05, 0.1) is 6.61 Å². The third-order valence-corrected chi connectivity index (χ3v) is 14.5. The zero-order valence-electron chi connectivity index (χ0n) is 51.2. The molecule has 0 aromatic carbocycles. The summed E-state index contributed by atoms with van der Waals surface area (Å²) >= 11 is 1.64. The number of hydrogen-bond acceptors (Lipinski definition) is 27. The highest BCUT2D eigenvalue weighted by atomic mass is 32.2. The van der Waals surface area contributed by atoms with Crippen LogP contribution in [-0.2, 0) is 124 Å². The Morgan fingerprint density at radius 2 is 0.576 bits per heavy atom. The summed E-state index contributed by atoms with van der Waals surface area (Å²) in [5.74, 6) is -7.86. The van der Waals surface area contributed by atoms with E-state index in [0.29, 0.717) is 5.75 Å². The maximum Gasteiger partial charge on any atom is 0.303 e. The largest absolute Gasteiger partial charge is 0.463 e. The number of carbonyl (C=O) groups excluding carboxylic acids is 10. The first kappa shape index (κ1) is 74.1. The minimum atomic E-state index is -1.99. The molecule has 3 saturated heterocycles. The van der Waals surface area contributed by atoms with Crippen LogP contribution in [0.1, 0.15) is 179 Å². The zero-order valence-corrected chi connectivity index (χ0v) is 52.1. The van der Waals surface area contributed by atoms with Crippen molar-refractivity contribution in [2.24, 2.45) is 0 Å². The van der Waals surface area contributed by atoms with Gasteiger partial charge in [0, 0.05) is 75.0 Å². The van der Waals surface area contributed by atoms with Crippen molar-refractivity contribution >= 4 is 71.5 Å². The lowest BCUT2D eigenvalue weighted by molar-refractivity contribution is -0.380. The van der Waals surface area contributed by atoms with Gasteiger partial charge in [-0.05, 0) is 12.2 Å². The molecule has 26 nitrogen and oxygen atoms in total. The fourth-order valence-corrected chi connectivity index (χ4v) is 10.8. The van der Waals surface area contributed by atoms with Crippen molar-refractivity contribution in [1.29, 1.82) is 0 Å². The van der Waals surface area contributed by atoms with E-state index in [4.69, 9.17) is 75.8 Å². The van der Waals surface area contributed by atoms with Crippen LogP contribution < -0.4 is 0 Å². The fraction of sp³-hybridized carbons (Fsp3) is 0.828. The van der Waals surface area contributed by atoms with Crippen molar-refractivity contribution in [3.05, 3.63) is 0 Å². The van der Waals surface area contributed by atoms with Crippen LogP contribution in [0.2, 0.25) is 0 Å². The van der Waals surface area contributed by atoms with Crippen LogP contribution in [0.3, 0.4) is 0 Å². The van der Waals surface area contributed by atoms with Crippen molar-refractivity contribution in [3.8, 4) is 0 Å². The van der Waals surface area contributed by atoms with E-state index in [1.165, 1.54) is 83.5 Å². The molecule has 0 radical (unpaired) electrons. The first-order valence-corrected chi connectivity index (χ1v) is 30.6. The molecule has 0 aliphatic carbocycles. The molecule has 3 aliphatic heterocycles. The zero-order chi connectivity index (χ0) is 63.0. The molecular weight excluding hydrogens is 1140 g/mol. The molecule has 15 atom stereocenters. The first-order chi connectivity index (χ1) is 40.4. The monoisotopic (exact) mass is 1240 g/mol. The van der Waals surface area contributed by atoms with Gasteiger partial charge in [-0.2, -0.15) is 11.8 Å². The van der Waals surface area contributed by atoms with Crippen molar-refractivity contribution in [2.45, 2.75) is 271 Å². The van der Waals surface area contributed by atoms with E-state index >= 15 is 0 Å². The van der Waals surface area contributed by atoms with Crippen molar-refractivity contribution in [1.82, 2.24) is 0 Å². The second-order valence-corrected chi connectivity index (χ2v) is 22.3. The number of rotatable bonds is 38. The molecule has 0 unspecified atom stereocenters. The third kappa shape index (κ3) is 28.5. The molecule has 0 N–H and O–H groups in total. The maximum absolute atomic E-state index is 13.2. The topological polar surface area (TPSA) is 318 Å². The Kier molecular flexibility index (Phi) is 35.1. The Labute approximate surface area is 502 Å². The van der Waals surface area contributed by atoms with Gasteiger partial charge in [0.15, 0.2) is 61.6 Å². The Morgan fingerprint density at radius 1 is 0.306 bits per heavy atom.